The lowest BCUT2D eigenvalue weighted by Gasteiger charge is -2.23. The zero-order chi connectivity index (χ0) is 27.1. The average Bonchev–Trinajstić information content (AvgIpc) is 3.59. The average molecular weight is 554 g/mol. The Bertz CT molecular complexity index is 1880. The number of aryl methyl sites for hydroxylation is 1. The summed E-state index contributed by atoms with van der Waals surface area (Å²) in [5.74, 6) is 1.11. The fourth-order valence-corrected chi connectivity index (χ4v) is 7.97. The molecule has 5 nitrogen and oxygen atoms in total. The Morgan fingerprint density at radius 1 is 0.795 bits per heavy atom. The lowest BCUT2D eigenvalue weighted by molar-refractivity contribution is -0.664. The standard InChI is InChI=1S/C32H33N4OS2/c1-5-33-24-15-11-12-16-25(24)34(6-2)28(33)20-19-27-32(37)36(8-4)30(39-27)21-29-35(7-3)31-23-14-10-9-13-22(23)17-18-26(31)38-29/h9-21H,5-8H2,1-4H3/q+1. The SMILES string of the molecule is CCN1C(=CC=c2sc(=Cc3sc4ccc5ccccc5c4[n+]3CC)n(CC)c2=O)N(CC)c2ccccc21. The Morgan fingerprint density at radius 2 is 1.49 bits per heavy atom. The maximum Gasteiger partial charge on any atom is 0.269 e. The smallest absolute Gasteiger partial charge is 0.269 e. The van der Waals surface area contributed by atoms with E-state index in [0.29, 0.717) is 6.54 Å². The summed E-state index contributed by atoms with van der Waals surface area (Å²) in [6.07, 6.45) is 6.32. The minimum Gasteiger partial charge on any atom is -0.326 e. The third-order valence-electron chi connectivity index (χ3n) is 7.46. The van der Waals surface area contributed by atoms with Crippen LogP contribution in [0.5, 0.6) is 0 Å². The van der Waals surface area contributed by atoms with Gasteiger partial charge in [-0.15, -0.1) is 11.3 Å². The minimum absolute atomic E-state index is 0.0711. The molecule has 0 unspecified atom stereocenters. The van der Waals surface area contributed by atoms with E-state index in [1.54, 1.807) is 22.7 Å². The molecular formula is C32H33N4OS2+. The third kappa shape index (κ3) is 4.21. The van der Waals surface area contributed by atoms with E-state index in [4.69, 9.17) is 0 Å². The van der Waals surface area contributed by atoms with E-state index in [2.05, 4.69) is 108 Å². The molecule has 0 N–H and O–H groups in total. The van der Waals surface area contributed by atoms with Crippen molar-refractivity contribution in [1.82, 2.24) is 4.57 Å². The molecule has 0 fully saturated rings. The zero-order valence-electron chi connectivity index (χ0n) is 22.8. The van der Waals surface area contributed by atoms with E-state index >= 15 is 0 Å². The monoisotopic (exact) mass is 553 g/mol. The Morgan fingerprint density at radius 3 is 2.15 bits per heavy atom. The summed E-state index contributed by atoms with van der Waals surface area (Å²) >= 11 is 3.36. The first-order valence-electron chi connectivity index (χ1n) is 13.7. The van der Waals surface area contributed by atoms with Gasteiger partial charge in [0.1, 0.15) is 21.7 Å². The van der Waals surface area contributed by atoms with Crippen molar-refractivity contribution in [3.63, 3.8) is 0 Å². The number of nitrogens with zero attached hydrogens (tertiary/aromatic N) is 4. The number of aromatic nitrogens is 2. The maximum atomic E-state index is 13.5. The molecule has 1 aliphatic rings. The van der Waals surface area contributed by atoms with E-state index in [0.717, 1.165) is 39.7 Å². The molecule has 6 rings (SSSR count). The summed E-state index contributed by atoms with van der Waals surface area (Å²) in [6, 6.07) is 21.5. The molecule has 3 heterocycles. The van der Waals surface area contributed by atoms with Gasteiger partial charge >= 0.3 is 0 Å². The first-order valence-corrected chi connectivity index (χ1v) is 15.3. The van der Waals surface area contributed by atoms with Gasteiger partial charge in [-0.05, 0) is 69.5 Å². The highest BCUT2D eigenvalue weighted by Gasteiger charge is 2.28. The molecule has 0 saturated carbocycles. The maximum absolute atomic E-state index is 13.5. The lowest BCUT2D eigenvalue weighted by atomic mass is 10.1. The van der Waals surface area contributed by atoms with Crippen molar-refractivity contribution < 1.29 is 4.57 Å². The second-order valence-corrected chi connectivity index (χ2v) is 11.6. The van der Waals surface area contributed by atoms with Crippen molar-refractivity contribution in [2.45, 2.75) is 40.8 Å². The van der Waals surface area contributed by atoms with Crippen LogP contribution in [-0.2, 0) is 13.1 Å². The van der Waals surface area contributed by atoms with Crippen LogP contribution in [0.3, 0.4) is 0 Å². The Balaban J connectivity index is 1.50. The number of allylic oxidation sites excluding steroid dienone is 1. The van der Waals surface area contributed by atoms with Crippen LogP contribution >= 0.6 is 22.7 Å². The number of anilines is 2. The van der Waals surface area contributed by atoms with E-state index in [9.17, 15) is 4.79 Å². The highest BCUT2D eigenvalue weighted by atomic mass is 32.1. The summed E-state index contributed by atoms with van der Waals surface area (Å²) < 4.78 is 7.29. The fourth-order valence-electron chi connectivity index (χ4n) is 5.67. The minimum atomic E-state index is 0.0711. The van der Waals surface area contributed by atoms with Gasteiger partial charge in [0.15, 0.2) is 0 Å². The van der Waals surface area contributed by atoms with Gasteiger partial charge in [-0.3, -0.25) is 9.36 Å². The van der Waals surface area contributed by atoms with E-state index < -0.39 is 0 Å². The van der Waals surface area contributed by atoms with Gasteiger partial charge in [0.05, 0.1) is 27.4 Å². The van der Waals surface area contributed by atoms with Crippen molar-refractivity contribution >= 4 is 67.2 Å². The van der Waals surface area contributed by atoms with E-state index in [1.165, 1.54) is 32.4 Å². The second-order valence-electron chi connectivity index (χ2n) is 9.49. The predicted octanol–water partition coefficient (Wildman–Crippen LogP) is 5.42. The highest BCUT2D eigenvalue weighted by molar-refractivity contribution is 7.19. The van der Waals surface area contributed by atoms with Gasteiger partial charge in [-0.2, -0.15) is 4.57 Å². The predicted molar refractivity (Wildman–Crippen MR) is 167 cm³/mol. The molecule has 0 bridgehead atoms. The summed E-state index contributed by atoms with van der Waals surface area (Å²) in [6.45, 7) is 11.8. The van der Waals surface area contributed by atoms with Crippen LogP contribution in [0.25, 0.3) is 33.1 Å². The normalized spacial score (nSPS) is 14.3. The van der Waals surface area contributed by atoms with Crippen LogP contribution in [0.4, 0.5) is 11.4 Å². The first-order chi connectivity index (χ1) is 19.1. The Labute approximate surface area is 236 Å². The Hall–Kier alpha value is -3.68. The van der Waals surface area contributed by atoms with Crippen LogP contribution in [-0.4, -0.2) is 17.7 Å². The molecule has 0 atom stereocenters. The van der Waals surface area contributed by atoms with Gasteiger partial charge in [0.2, 0.25) is 5.52 Å². The molecule has 7 heteroatoms. The second kappa shape index (κ2) is 10.5. The molecule has 0 saturated heterocycles. The molecule has 3 aromatic carbocycles. The van der Waals surface area contributed by atoms with Crippen LogP contribution in [0, 0.1) is 0 Å². The molecule has 2 aromatic heterocycles. The highest BCUT2D eigenvalue weighted by Crippen LogP contribution is 2.40. The summed E-state index contributed by atoms with van der Waals surface area (Å²) in [7, 11) is 0. The number of fused-ring (bicyclic) bond motifs is 4. The molecule has 0 aliphatic carbocycles. The molecule has 0 amide bonds. The third-order valence-corrected chi connectivity index (χ3v) is 9.64. The fraction of sp³-hybridized carbons (Fsp3) is 0.250. The topological polar surface area (TPSA) is 32.4 Å². The van der Waals surface area contributed by atoms with Crippen molar-refractivity contribution in [2.75, 3.05) is 22.9 Å². The van der Waals surface area contributed by atoms with Crippen molar-refractivity contribution in [1.29, 1.82) is 0 Å². The molecule has 0 radical (unpaired) electrons. The molecule has 5 aromatic rings. The van der Waals surface area contributed by atoms with Crippen molar-refractivity contribution in [2.24, 2.45) is 0 Å². The zero-order valence-corrected chi connectivity index (χ0v) is 24.5. The number of hydrogen-bond donors (Lipinski definition) is 0. The summed E-state index contributed by atoms with van der Waals surface area (Å²) in [5.41, 5.74) is 3.77. The van der Waals surface area contributed by atoms with E-state index in [-0.39, 0.29) is 5.56 Å². The number of hydrogen-bond acceptors (Lipinski definition) is 5. The van der Waals surface area contributed by atoms with E-state index in [1.807, 2.05) is 17.6 Å². The largest absolute Gasteiger partial charge is 0.326 e. The van der Waals surface area contributed by atoms with Crippen molar-refractivity contribution in [3.8, 4) is 0 Å². The molecule has 198 valence electrons. The molecule has 0 spiro atoms. The first kappa shape index (κ1) is 25.6. The quantitative estimate of drug-likeness (QED) is 0.263. The van der Waals surface area contributed by atoms with Gasteiger partial charge in [0.25, 0.3) is 10.6 Å². The summed E-state index contributed by atoms with van der Waals surface area (Å²) in [4.78, 5) is 18.1. The summed E-state index contributed by atoms with van der Waals surface area (Å²) in [5, 5.41) is 3.68. The van der Waals surface area contributed by atoms with Gasteiger partial charge < -0.3 is 9.80 Å². The van der Waals surface area contributed by atoms with Crippen LogP contribution in [0.2, 0.25) is 0 Å². The van der Waals surface area contributed by atoms with Crippen LogP contribution in [0.15, 0.2) is 77.4 Å². The van der Waals surface area contributed by atoms with Crippen molar-refractivity contribution in [3.05, 3.63) is 97.1 Å². The number of para-hydroxylation sites is 2. The Kier molecular flexibility index (Phi) is 6.87. The van der Waals surface area contributed by atoms with Gasteiger partial charge in [-0.1, -0.05) is 47.7 Å². The lowest BCUT2D eigenvalue weighted by Crippen LogP contribution is -2.35. The van der Waals surface area contributed by atoms with Gasteiger partial charge in [-0.25, -0.2) is 0 Å². The number of rotatable bonds is 6. The molecule has 1 aliphatic heterocycles. The molecular weight excluding hydrogens is 521 g/mol. The number of benzene rings is 3. The van der Waals surface area contributed by atoms with Crippen LogP contribution in [0.1, 0.15) is 32.7 Å². The van der Waals surface area contributed by atoms with Gasteiger partial charge in [0, 0.05) is 19.6 Å². The molecule has 39 heavy (non-hydrogen) atoms. The number of thiazole rings is 2. The van der Waals surface area contributed by atoms with Crippen LogP contribution < -0.4 is 29.1 Å².